The highest BCUT2D eigenvalue weighted by molar-refractivity contribution is 9.09. The third kappa shape index (κ3) is 6.09. The van der Waals surface area contributed by atoms with Gasteiger partial charge in [0.1, 0.15) is 0 Å². The molecular weight excluding hydrogens is 295 g/mol. The molecule has 0 N–H and O–H groups in total. The second kappa shape index (κ2) is 6.98. The van der Waals surface area contributed by atoms with Crippen LogP contribution in [0.3, 0.4) is 0 Å². The molecule has 0 saturated heterocycles. The van der Waals surface area contributed by atoms with E-state index in [1.54, 1.807) is 0 Å². The highest BCUT2D eigenvalue weighted by Crippen LogP contribution is 2.31. The summed E-state index contributed by atoms with van der Waals surface area (Å²) in [5, 5.41) is 0.744. The standard InChI is InChI=1S/C12H23BrF3N/c1-5-11(6-2,7-13)8-17(10(3)4)9-12(14,15)16/h10H,5-9H2,1-4H3. The fourth-order valence-corrected chi connectivity index (χ4v) is 2.76. The maximum Gasteiger partial charge on any atom is 0.401 e. The third-order valence-corrected chi connectivity index (χ3v) is 4.62. The van der Waals surface area contributed by atoms with E-state index in [0.29, 0.717) is 6.54 Å². The van der Waals surface area contributed by atoms with Crippen LogP contribution < -0.4 is 0 Å². The molecule has 0 bridgehead atoms. The second-order valence-corrected chi connectivity index (χ2v) is 5.52. The van der Waals surface area contributed by atoms with Crippen molar-refractivity contribution in [2.24, 2.45) is 5.41 Å². The van der Waals surface area contributed by atoms with Gasteiger partial charge in [0.05, 0.1) is 6.54 Å². The molecule has 0 unspecified atom stereocenters. The topological polar surface area (TPSA) is 3.24 Å². The molecule has 0 aliphatic rings. The summed E-state index contributed by atoms with van der Waals surface area (Å²) in [6.07, 6.45) is -2.35. The monoisotopic (exact) mass is 317 g/mol. The van der Waals surface area contributed by atoms with E-state index in [9.17, 15) is 13.2 Å². The fraction of sp³-hybridized carbons (Fsp3) is 1.00. The van der Waals surface area contributed by atoms with Crippen LogP contribution in [0.5, 0.6) is 0 Å². The lowest BCUT2D eigenvalue weighted by molar-refractivity contribution is -0.152. The van der Waals surface area contributed by atoms with E-state index in [1.165, 1.54) is 4.90 Å². The van der Waals surface area contributed by atoms with Crippen molar-refractivity contribution in [3.8, 4) is 0 Å². The summed E-state index contributed by atoms with van der Waals surface area (Å²) in [6.45, 7) is 7.38. The molecule has 0 atom stereocenters. The molecule has 0 aliphatic heterocycles. The lowest BCUT2D eigenvalue weighted by Gasteiger charge is -2.38. The molecule has 0 aliphatic carbocycles. The van der Waals surface area contributed by atoms with E-state index < -0.39 is 12.7 Å². The first-order valence-corrected chi connectivity index (χ1v) is 7.18. The van der Waals surface area contributed by atoms with Crippen LogP contribution in [-0.2, 0) is 0 Å². The molecule has 5 heteroatoms. The first-order chi connectivity index (χ1) is 7.69. The van der Waals surface area contributed by atoms with Gasteiger partial charge in [0, 0.05) is 17.9 Å². The number of rotatable bonds is 7. The number of nitrogens with zero attached hydrogens (tertiary/aromatic N) is 1. The SMILES string of the molecule is CCC(CC)(CBr)CN(CC(F)(F)F)C(C)C. The summed E-state index contributed by atoms with van der Waals surface area (Å²) >= 11 is 3.44. The Morgan fingerprint density at radius 1 is 1.06 bits per heavy atom. The van der Waals surface area contributed by atoms with Gasteiger partial charge in [0.2, 0.25) is 0 Å². The van der Waals surface area contributed by atoms with E-state index in [-0.39, 0.29) is 11.5 Å². The molecular formula is C12H23BrF3N. The predicted octanol–water partition coefficient (Wildman–Crippen LogP) is 4.46. The predicted molar refractivity (Wildman–Crippen MR) is 69.6 cm³/mol. The summed E-state index contributed by atoms with van der Waals surface area (Å²) in [5.74, 6) is 0. The Bertz CT molecular complexity index is 204. The first-order valence-electron chi connectivity index (χ1n) is 6.06. The Kier molecular flexibility index (Phi) is 7.07. The minimum absolute atomic E-state index is 0.0600. The van der Waals surface area contributed by atoms with Gasteiger partial charge in [-0.25, -0.2) is 0 Å². The van der Waals surface area contributed by atoms with E-state index in [2.05, 4.69) is 15.9 Å². The zero-order valence-corrected chi connectivity index (χ0v) is 12.7. The van der Waals surface area contributed by atoms with E-state index in [0.717, 1.165) is 18.2 Å². The molecule has 0 aromatic heterocycles. The van der Waals surface area contributed by atoms with Gasteiger partial charge >= 0.3 is 6.18 Å². The van der Waals surface area contributed by atoms with Gasteiger partial charge in [0.25, 0.3) is 0 Å². The quantitative estimate of drug-likeness (QED) is 0.627. The average molecular weight is 318 g/mol. The number of hydrogen-bond donors (Lipinski definition) is 0. The molecule has 0 rings (SSSR count). The molecule has 0 spiro atoms. The van der Waals surface area contributed by atoms with Crippen molar-refractivity contribution in [1.82, 2.24) is 4.90 Å². The first kappa shape index (κ1) is 17.2. The van der Waals surface area contributed by atoms with Crippen molar-refractivity contribution in [1.29, 1.82) is 0 Å². The van der Waals surface area contributed by atoms with Crippen LogP contribution in [0.25, 0.3) is 0 Å². The van der Waals surface area contributed by atoms with Crippen molar-refractivity contribution in [3.63, 3.8) is 0 Å². The average Bonchev–Trinajstić information content (AvgIpc) is 2.23. The maximum absolute atomic E-state index is 12.5. The van der Waals surface area contributed by atoms with E-state index in [4.69, 9.17) is 0 Å². The van der Waals surface area contributed by atoms with Crippen molar-refractivity contribution in [3.05, 3.63) is 0 Å². The minimum Gasteiger partial charge on any atom is -0.292 e. The maximum atomic E-state index is 12.5. The number of halogens is 4. The molecule has 0 aromatic rings. The summed E-state index contributed by atoms with van der Waals surface area (Å²) < 4.78 is 37.5. The summed E-state index contributed by atoms with van der Waals surface area (Å²) in [5.41, 5.74) is -0.0600. The largest absolute Gasteiger partial charge is 0.401 e. The Morgan fingerprint density at radius 3 is 1.76 bits per heavy atom. The van der Waals surface area contributed by atoms with Crippen LogP contribution in [0.1, 0.15) is 40.5 Å². The second-order valence-electron chi connectivity index (χ2n) is 4.95. The van der Waals surface area contributed by atoms with Crippen LogP contribution in [0.2, 0.25) is 0 Å². The summed E-state index contributed by atoms with van der Waals surface area (Å²) in [7, 11) is 0. The zero-order chi connectivity index (χ0) is 13.7. The Balaban J connectivity index is 4.74. The Labute approximate surface area is 111 Å². The van der Waals surface area contributed by atoms with Crippen molar-refractivity contribution >= 4 is 15.9 Å². The van der Waals surface area contributed by atoms with Crippen LogP contribution in [-0.4, -0.2) is 35.5 Å². The van der Waals surface area contributed by atoms with Gasteiger partial charge in [-0.15, -0.1) is 0 Å². The molecule has 17 heavy (non-hydrogen) atoms. The number of alkyl halides is 4. The molecule has 0 aromatic carbocycles. The van der Waals surface area contributed by atoms with Gasteiger partial charge in [-0.05, 0) is 32.1 Å². The van der Waals surface area contributed by atoms with Crippen LogP contribution in [0.15, 0.2) is 0 Å². The summed E-state index contributed by atoms with van der Waals surface area (Å²) in [6, 6.07) is -0.0897. The lowest BCUT2D eigenvalue weighted by atomic mass is 9.84. The molecule has 0 radical (unpaired) electrons. The molecule has 0 saturated carbocycles. The highest BCUT2D eigenvalue weighted by Gasteiger charge is 2.36. The van der Waals surface area contributed by atoms with Crippen LogP contribution in [0.4, 0.5) is 13.2 Å². The van der Waals surface area contributed by atoms with Crippen molar-refractivity contribution < 1.29 is 13.2 Å². The Morgan fingerprint density at radius 2 is 1.53 bits per heavy atom. The summed E-state index contributed by atoms with van der Waals surface area (Å²) in [4.78, 5) is 1.52. The van der Waals surface area contributed by atoms with Gasteiger partial charge in [-0.3, -0.25) is 4.90 Å². The molecule has 1 nitrogen and oxygen atoms in total. The van der Waals surface area contributed by atoms with Crippen molar-refractivity contribution in [2.75, 3.05) is 18.4 Å². The lowest BCUT2D eigenvalue weighted by Crippen LogP contribution is -2.46. The Hall–Kier alpha value is 0.230. The smallest absolute Gasteiger partial charge is 0.292 e. The molecule has 104 valence electrons. The minimum atomic E-state index is -4.12. The van der Waals surface area contributed by atoms with Gasteiger partial charge < -0.3 is 0 Å². The zero-order valence-electron chi connectivity index (χ0n) is 11.1. The molecule has 0 amide bonds. The van der Waals surface area contributed by atoms with Gasteiger partial charge in [0.15, 0.2) is 0 Å². The third-order valence-electron chi connectivity index (χ3n) is 3.43. The highest BCUT2D eigenvalue weighted by atomic mass is 79.9. The van der Waals surface area contributed by atoms with Crippen LogP contribution >= 0.6 is 15.9 Å². The molecule has 0 fully saturated rings. The number of hydrogen-bond acceptors (Lipinski definition) is 1. The van der Waals surface area contributed by atoms with Gasteiger partial charge in [-0.1, -0.05) is 29.8 Å². The van der Waals surface area contributed by atoms with Crippen molar-refractivity contribution in [2.45, 2.75) is 52.8 Å². The van der Waals surface area contributed by atoms with E-state index >= 15 is 0 Å². The van der Waals surface area contributed by atoms with Gasteiger partial charge in [-0.2, -0.15) is 13.2 Å². The fourth-order valence-electron chi connectivity index (χ4n) is 1.79. The van der Waals surface area contributed by atoms with Crippen LogP contribution in [0, 0.1) is 5.41 Å². The normalized spacial score (nSPS) is 13.8. The van der Waals surface area contributed by atoms with E-state index in [1.807, 2.05) is 27.7 Å². The molecule has 0 heterocycles.